The Balaban J connectivity index is 2.44. The minimum atomic E-state index is -0.0835. The summed E-state index contributed by atoms with van der Waals surface area (Å²) in [7, 11) is 3.28. The zero-order valence-electron chi connectivity index (χ0n) is 9.25. The number of carbonyl (C=O) groups is 1. The van der Waals surface area contributed by atoms with Crippen LogP contribution >= 0.6 is 0 Å². The van der Waals surface area contributed by atoms with Gasteiger partial charge in [-0.2, -0.15) is 0 Å². The monoisotopic (exact) mass is 188 g/mol. The lowest BCUT2D eigenvalue weighted by molar-refractivity contribution is -0.122. The summed E-state index contributed by atoms with van der Waals surface area (Å²) in [5.74, 6) is 0.000188. The van der Waals surface area contributed by atoms with Crippen molar-refractivity contribution in [3.63, 3.8) is 0 Å². The van der Waals surface area contributed by atoms with Crippen LogP contribution in [0.25, 0.3) is 0 Å². The van der Waals surface area contributed by atoms with Crippen LogP contribution in [0.1, 0.15) is 14.2 Å². The van der Waals surface area contributed by atoms with Gasteiger partial charge in [-0.05, 0) is 19.4 Å². The third-order valence-corrected chi connectivity index (χ3v) is 2.30. The second-order valence-electron chi connectivity index (χ2n) is 3.24. The number of nitrogens with one attached hydrogen (secondary N) is 1. The summed E-state index contributed by atoms with van der Waals surface area (Å²) < 4.78 is 12.7. The fourth-order valence-electron chi connectivity index (χ4n) is 1.55. The van der Waals surface area contributed by atoms with Gasteiger partial charge in [-0.3, -0.25) is 9.69 Å². The first-order valence-electron chi connectivity index (χ1n) is 5.11. The van der Waals surface area contributed by atoms with Gasteiger partial charge in [0.25, 0.3) is 0 Å². The lowest BCUT2D eigenvalue weighted by Crippen LogP contribution is -2.40. The van der Waals surface area contributed by atoms with Crippen LogP contribution in [0.5, 0.6) is 0 Å². The zero-order valence-corrected chi connectivity index (χ0v) is 8.25. The van der Waals surface area contributed by atoms with Crippen molar-refractivity contribution in [2.45, 2.75) is 18.9 Å². The molecule has 1 aliphatic rings. The van der Waals surface area contributed by atoms with Crippen LogP contribution in [0.2, 0.25) is 0 Å². The molecule has 0 saturated carbocycles. The maximum Gasteiger partial charge on any atom is 0.233 e. The molecular formula is C9H18N2O2. The number of methoxy groups -OCH3 is 1. The summed E-state index contributed by atoms with van der Waals surface area (Å²) in [5, 5.41) is 2.59. The Morgan fingerprint density at radius 1 is 1.85 bits per heavy atom. The molecule has 1 amide bonds. The molecule has 0 aromatic carbocycles. The second-order valence-corrected chi connectivity index (χ2v) is 3.24. The van der Waals surface area contributed by atoms with Gasteiger partial charge in [0, 0.05) is 21.6 Å². The Labute approximate surface area is 80.6 Å². The Morgan fingerprint density at radius 2 is 2.62 bits per heavy atom. The Hall–Kier alpha value is -0.610. The van der Waals surface area contributed by atoms with Crippen molar-refractivity contribution < 1.29 is 10.9 Å². The topological polar surface area (TPSA) is 41.6 Å². The second kappa shape index (κ2) is 5.19. The van der Waals surface area contributed by atoms with Crippen molar-refractivity contribution in [2.75, 3.05) is 33.9 Å². The first kappa shape index (κ1) is 8.97. The van der Waals surface area contributed by atoms with Gasteiger partial charge in [-0.25, -0.2) is 0 Å². The van der Waals surface area contributed by atoms with Crippen molar-refractivity contribution >= 4 is 5.91 Å². The first-order chi connectivity index (χ1) is 6.67. The molecular weight excluding hydrogens is 168 g/mol. The largest absolute Gasteiger partial charge is 0.383 e. The third-order valence-electron chi connectivity index (χ3n) is 2.30. The van der Waals surface area contributed by atoms with Gasteiger partial charge in [0.15, 0.2) is 0 Å². The van der Waals surface area contributed by atoms with Gasteiger partial charge < -0.3 is 10.1 Å². The van der Waals surface area contributed by atoms with Crippen molar-refractivity contribution in [1.82, 2.24) is 10.2 Å². The van der Waals surface area contributed by atoms with E-state index < -0.39 is 0 Å². The quantitative estimate of drug-likeness (QED) is 0.666. The summed E-state index contributed by atoms with van der Waals surface area (Å²) in [5.41, 5.74) is 0. The lowest BCUT2D eigenvalue weighted by Gasteiger charge is -2.22. The smallest absolute Gasteiger partial charge is 0.233 e. The van der Waals surface area contributed by atoms with Crippen LogP contribution in [-0.2, 0) is 9.53 Å². The highest BCUT2D eigenvalue weighted by atomic mass is 16.5. The molecule has 13 heavy (non-hydrogen) atoms. The van der Waals surface area contributed by atoms with E-state index in [4.69, 9.17) is 6.11 Å². The molecule has 1 N–H and O–H groups in total. The lowest BCUT2D eigenvalue weighted by atomic mass is 10.2. The Morgan fingerprint density at radius 3 is 3.23 bits per heavy atom. The molecule has 4 heteroatoms. The normalized spacial score (nSPS) is 30.2. The number of carbonyl (C=O) groups excluding carboxylic acids is 1. The zero-order chi connectivity index (χ0) is 10.6. The number of ether oxygens (including phenoxy) is 1. The number of nitrogens with zero attached hydrogens (tertiary/aromatic N) is 1. The molecule has 2 atom stereocenters. The van der Waals surface area contributed by atoms with E-state index in [1.165, 1.54) is 0 Å². The van der Waals surface area contributed by atoms with Crippen molar-refractivity contribution in [3.05, 3.63) is 0 Å². The van der Waals surface area contributed by atoms with E-state index in [1.54, 1.807) is 14.2 Å². The first-order valence-corrected chi connectivity index (χ1v) is 4.53. The van der Waals surface area contributed by atoms with Crippen molar-refractivity contribution in [2.24, 2.45) is 0 Å². The Kier molecular flexibility index (Phi) is 3.58. The fourth-order valence-corrected chi connectivity index (χ4v) is 1.55. The van der Waals surface area contributed by atoms with Crippen molar-refractivity contribution in [1.29, 1.82) is 0 Å². The van der Waals surface area contributed by atoms with E-state index in [2.05, 4.69) is 5.32 Å². The van der Waals surface area contributed by atoms with Gasteiger partial charge in [0.2, 0.25) is 5.91 Å². The highest BCUT2D eigenvalue weighted by Gasteiger charge is 2.25. The van der Waals surface area contributed by atoms with Crippen LogP contribution in [0.4, 0.5) is 0 Å². The number of hydrogen-bond donors (Lipinski definition) is 1. The van der Waals surface area contributed by atoms with Gasteiger partial charge in [0.05, 0.1) is 13.2 Å². The summed E-state index contributed by atoms with van der Waals surface area (Å²) in [6.45, 7) is 1.65. The summed E-state index contributed by atoms with van der Waals surface area (Å²) in [6, 6.07) is 0.222. The minimum absolute atomic E-state index is 0.000188. The molecule has 0 aromatic rings. The maximum atomic E-state index is 11.2. The summed E-state index contributed by atoms with van der Waals surface area (Å²) in [6.07, 6.45) is 0.713. The molecule has 1 heterocycles. The summed E-state index contributed by atoms with van der Waals surface area (Å²) >= 11 is 0. The molecule has 1 saturated heterocycles. The van der Waals surface area contributed by atoms with E-state index in [0.717, 1.165) is 6.42 Å². The average molecular weight is 188 g/mol. The van der Waals surface area contributed by atoms with Crippen LogP contribution in [0, 0.1) is 0 Å². The predicted molar refractivity (Wildman–Crippen MR) is 50.5 cm³/mol. The highest BCUT2D eigenvalue weighted by molar-refractivity contribution is 5.77. The maximum absolute atomic E-state index is 11.2. The fraction of sp³-hybridized carbons (Fsp3) is 0.889. The van der Waals surface area contributed by atoms with E-state index in [0.29, 0.717) is 19.7 Å². The van der Waals surface area contributed by atoms with E-state index in [-0.39, 0.29) is 18.3 Å². The molecule has 0 bridgehead atoms. The number of likely N-dealkylation sites (tertiary alicyclic amines) is 1. The molecule has 0 spiro atoms. The molecule has 1 rings (SSSR count). The number of rotatable bonds is 4. The van der Waals surface area contributed by atoms with E-state index in [1.807, 2.05) is 4.90 Å². The van der Waals surface area contributed by atoms with Gasteiger partial charge in [-0.15, -0.1) is 0 Å². The predicted octanol–water partition coefficient (Wildman–Crippen LogP) is -0.157. The van der Waals surface area contributed by atoms with E-state index in [9.17, 15) is 4.79 Å². The van der Waals surface area contributed by atoms with Crippen molar-refractivity contribution in [3.8, 4) is 0 Å². The van der Waals surface area contributed by atoms with Crippen LogP contribution in [0.15, 0.2) is 0 Å². The molecule has 0 radical (unpaired) electrons. The standard InChI is InChI=1S/C9H18N2O2/c1-10-9(12)6-11-5-3-4-8(11)7-13-2/h8H,3-7H2,1-2H3,(H,10,12)/i3T. The average Bonchev–Trinajstić information content (AvgIpc) is 2.47. The molecule has 2 unspecified atom stereocenters. The molecule has 1 fully saturated rings. The van der Waals surface area contributed by atoms with E-state index >= 15 is 0 Å². The number of hydrogen-bond acceptors (Lipinski definition) is 3. The molecule has 4 nitrogen and oxygen atoms in total. The molecule has 76 valence electrons. The molecule has 0 aliphatic carbocycles. The van der Waals surface area contributed by atoms with Gasteiger partial charge in [0.1, 0.15) is 0 Å². The van der Waals surface area contributed by atoms with Crippen LogP contribution in [-0.4, -0.2) is 50.7 Å². The van der Waals surface area contributed by atoms with Gasteiger partial charge >= 0.3 is 0 Å². The highest BCUT2D eigenvalue weighted by Crippen LogP contribution is 2.16. The summed E-state index contributed by atoms with van der Waals surface area (Å²) in [4.78, 5) is 13.2. The Bertz CT molecular complexity index is 201. The molecule has 1 aliphatic heterocycles. The number of likely N-dealkylation sites (N-methyl/N-ethyl adjacent to an activating group) is 1. The third kappa shape index (κ3) is 2.97. The molecule has 0 aromatic heterocycles. The SMILES string of the molecule is [3H]C1CC(COC)N(CC(=O)NC)C1. The minimum Gasteiger partial charge on any atom is -0.383 e. The van der Waals surface area contributed by atoms with Crippen LogP contribution < -0.4 is 5.32 Å². The van der Waals surface area contributed by atoms with Crippen LogP contribution in [0.3, 0.4) is 0 Å². The van der Waals surface area contributed by atoms with Gasteiger partial charge in [-0.1, -0.05) is 0 Å². The number of amides is 1.